The van der Waals surface area contributed by atoms with Crippen molar-refractivity contribution in [3.63, 3.8) is 0 Å². The van der Waals surface area contributed by atoms with E-state index in [0.717, 1.165) is 16.8 Å². The van der Waals surface area contributed by atoms with Gasteiger partial charge in [-0.3, -0.25) is 9.59 Å². The van der Waals surface area contributed by atoms with Crippen LogP contribution in [0.25, 0.3) is 0 Å². The number of para-hydroxylation sites is 1. The zero-order valence-corrected chi connectivity index (χ0v) is 14.7. The van der Waals surface area contributed by atoms with E-state index in [-0.39, 0.29) is 11.8 Å². The Labute approximate surface area is 152 Å². The SMILES string of the molecule is Cc1ccc(C)c(NC(=O)c2ccccc2NC(=O)c2ccccc2)c1. The molecule has 3 rings (SSSR count). The average molecular weight is 344 g/mol. The first-order valence-corrected chi connectivity index (χ1v) is 8.38. The quantitative estimate of drug-likeness (QED) is 0.714. The Morgan fingerprint density at radius 2 is 1.35 bits per heavy atom. The second-order valence-electron chi connectivity index (χ2n) is 6.14. The highest BCUT2D eigenvalue weighted by Gasteiger charge is 2.15. The first kappa shape index (κ1) is 17.4. The number of carbonyl (C=O) groups excluding carboxylic acids is 2. The van der Waals surface area contributed by atoms with E-state index < -0.39 is 0 Å². The molecule has 0 atom stereocenters. The maximum absolute atomic E-state index is 12.8. The Kier molecular flexibility index (Phi) is 5.13. The van der Waals surface area contributed by atoms with Crippen LogP contribution in [0.15, 0.2) is 72.8 Å². The molecule has 0 radical (unpaired) electrons. The molecular weight excluding hydrogens is 324 g/mol. The molecule has 0 aliphatic carbocycles. The molecule has 3 aromatic rings. The molecule has 26 heavy (non-hydrogen) atoms. The lowest BCUT2D eigenvalue weighted by molar-refractivity contribution is 0.102. The van der Waals surface area contributed by atoms with E-state index in [9.17, 15) is 9.59 Å². The van der Waals surface area contributed by atoms with Crippen LogP contribution in [-0.2, 0) is 0 Å². The molecule has 3 aromatic carbocycles. The summed E-state index contributed by atoms with van der Waals surface area (Å²) in [7, 11) is 0. The standard InChI is InChI=1S/C22H20N2O2/c1-15-12-13-16(2)20(14-15)24-22(26)18-10-6-7-11-19(18)23-21(25)17-8-4-3-5-9-17/h3-14H,1-2H3,(H,23,25)(H,24,26). The van der Waals surface area contributed by atoms with Gasteiger partial charge in [0.2, 0.25) is 0 Å². The van der Waals surface area contributed by atoms with Gasteiger partial charge in [-0.2, -0.15) is 0 Å². The number of aryl methyl sites for hydroxylation is 2. The van der Waals surface area contributed by atoms with Crippen molar-refractivity contribution < 1.29 is 9.59 Å². The van der Waals surface area contributed by atoms with Gasteiger partial charge in [0.1, 0.15) is 0 Å². The molecule has 2 amide bonds. The van der Waals surface area contributed by atoms with E-state index in [2.05, 4.69) is 10.6 Å². The number of nitrogens with one attached hydrogen (secondary N) is 2. The summed E-state index contributed by atoms with van der Waals surface area (Å²) in [5.74, 6) is -0.514. The van der Waals surface area contributed by atoms with Crippen molar-refractivity contribution in [2.75, 3.05) is 10.6 Å². The minimum absolute atomic E-state index is 0.252. The van der Waals surface area contributed by atoms with Crippen LogP contribution in [0.5, 0.6) is 0 Å². The number of hydrogen-bond acceptors (Lipinski definition) is 2. The third-order valence-corrected chi connectivity index (χ3v) is 4.10. The van der Waals surface area contributed by atoms with Crippen molar-refractivity contribution in [1.29, 1.82) is 0 Å². The van der Waals surface area contributed by atoms with Crippen LogP contribution < -0.4 is 10.6 Å². The molecule has 4 heteroatoms. The lowest BCUT2D eigenvalue weighted by Crippen LogP contribution is -2.18. The van der Waals surface area contributed by atoms with Gasteiger partial charge in [-0.15, -0.1) is 0 Å². The van der Waals surface area contributed by atoms with Crippen LogP contribution in [0.3, 0.4) is 0 Å². The summed E-state index contributed by atoms with van der Waals surface area (Å²) in [6, 6.07) is 21.8. The third kappa shape index (κ3) is 3.98. The molecule has 0 heterocycles. The zero-order valence-electron chi connectivity index (χ0n) is 14.7. The van der Waals surface area contributed by atoms with Crippen LogP contribution in [-0.4, -0.2) is 11.8 Å². The number of carbonyl (C=O) groups is 2. The van der Waals surface area contributed by atoms with E-state index in [4.69, 9.17) is 0 Å². The summed E-state index contributed by atoms with van der Waals surface area (Å²) in [5, 5.41) is 5.75. The first-order chi connectivity index (χ1) is 12.5. The fraction of sp³-hybridized carbons (Fsp3) is 0.0909. The fourth-order valence-corrected chi connectivity index (χ4v) is 2.63. The topological polar surface area (TPSA) is 58.2 Å². The summed E-state index contributed by atoms with van der Waals surface area (Å²) >= 11 is 0. The van der Waals surface area contributed by atoms with Gasteiger partial charge >= 0.3 is 0 Å². The minimum atomic E-state index is -0.261. The van der Waals surface area contributed by atoms with Crippen LogP contribution in [0, 0.1) is 13.8 Å². The largest absolute Gasteiger partial charge is 0.322 e. The van der Waals surface area contributed by atoms with Crippen LogP contribution in [0.2, 0.25) is 0 Å². The fourth-order valence-electron chi connectivity index (χ4n) is 2.63. The molecule has 0 aliphatic heterocycles. The second-order valence-corrected chi connectivity index (χ2v) is 6.14. The molecule has 0 spiro atoms. The van der Waals surface area contributed by atoms with Gasteiger partial charge in [-0.25, -0.2) is 0 Å². The average Bonchev–Trinajstić information content (AvgIpc) is 2.66. The van der Waals surface area contributed by atoms with Gasteiger partial charge in [-0.1, -0.05) is 42.5 Å². The van der Waals surface area contributed by atoms with Gasteiger partial charge in [0.15, 0.2) is 0 Å². The van der Waals surface area contributed by atoms with Crippen molar-refractivity contribution in [3.8, 4) is 0 Å². The molecule has 130 valence electrons. The van der Waals surface area contributed by atoms with Crippen molar-refractivity contribution in [2.45, 2.75) is 13.8 Å². The Bertz CT molecular complexity index is 949. The van der Waals surface area contributed by atoms with Crippen molar-refractivity contribution in [1.82, 2.24) is 0 Å². The van der Waals surface area contributed by atoms with Gasteiger partial charge in [0, 0.05) is 11.3 Å². The predicted octanol–water partition coefficient (Wildman–Crippen LogP) is 4.81. The van der Waals surface area contributed by atoms with Gasteiger partial charge in [0.25, 0.3) is 11.8 Å². The molecule has 0 fully saturated rings. The Hall–Kier alpha value is -3.40. The molecule has 0 bridgehead atoms. The number of benzene rings is 3. The molecule has 0 unspecified atom stereocenters. The maximum Gasteiger partial charge on any atom is 0.257 e. The smallest absolute Gasteiger partial charge is 0.257 e. The zero-order chi connectivity index (χ0) is 18.5. The molecule has 0 aromatic heterocycles. The summed E-state index contributed by atoms with van der Waals surface area (Å²) in [4.78, 5) is 25.2. The van der Waals surface area contributed by atoms with Gasteiger partial charge in [0.05, 0.1) is 11.3 Å². The van der Waals surface area contributed by atoms with Crippen LogP contribution in [0.4, 0.5) is 11.4 Å². The highest BCUT2D eigenvalue weighted by Crippen LogP contribution is 2.21. The van der Waals surface area contributed by atoms with E-state index in [1.165, 1.54) is 0 Å². The van der Waals surface area contributed by atoms with Gasteiger partial charge < -0.3 is 10.6 Å². The van der Waals surface area contributed by atoms with Crippen molar-refractivity contribution in [3.05, 3.63) is 95.1 Å². The molecule has 0 aliphatic rings. The lowest BCUT2D eigenvalue weighted by Gasteiger charge is -2.13. The van der Waals surface area contributed by atoms with E-state index in [0.29, 0.717) is 16.8 Å². The summed E-state index contributed by atoms with van der Waals surface area (Å²) in [6.45, 7) is 3.92. The predicted molar refractivity (Wildman–Crippen MR) is 105 cm³/mol. The van der Waals surface area contributed by atoms with Crippen molar-refractivity contribution >= 4 is 23.2 Å². The monoisotopic (exact) mass is 344 g/mol. The van der Waals surface area contributed by atoms with E-state index in [1.54, 1.807) is 48.5 Å². The van der Waals surface area contributed by atoms with Crippen molar-refractivity contribution in [2.24, 2.45) is 0 Å². The van der Waals surface area contributed by atoms with Gasteiger partial charge in [-0.05, 0) is 55.3 Å². The summed E-state index contributed by atoms with van der Waals surface area (Å²) in [5.41, 5.74) is 4.24. The number of amides is 2. The molecular formula is C22H20N2O2. The third-order valence-electron chi connectivity index (χ3n) is 4.10. The maximum atomic E-state index is 12.8. The Balaban J connectivity index is 1.83. The van der Waals surface area contributed by atoms with Crippen LogP contribution >= 0.6 is 0 Å². The van der Waals surface area contributed by atoms with E-state index in [1.807, 2.05) is 38.1 Å². The molecule has 0 saturated carbocycles. The molecule has 2 N–H and O–H groups in total. The number of hydrogen-bond donors (Lipinski definition) is 2. The second kappa shape index (κ2) is 7.66. The Morgan fingerprint density at radius 3 is 2.12 bits per heavy atom. The number of anilines is 2. The molecule has 0 saturated heterocycles. The lowest BCUT2D eigenvalue weighted by atomic mass is 10.1. The van der Waals surface area contributed by atoms with E-state index >= 15 is 0 Å². The highest BCUT2D eigenvalue weighted by molar-refractivity contribution is 6.12. The summed E-state index contributed by atoms with van der Waals surface area (Å²) in [6.07, 6.45) is 0. The summed E-state index contributed by atoms with van der Waals surface area (Å²) < 4.78 is 0. The Morgan fingerprint density at radius 1 is 0.692 bits per heavy atom. The number of rotatable bonds is 4. The first-order valence-electron chi connectivity index (χ1n) is 8.38. The molecule has 4 nitrogen and oxygen atoms in total. The minimum Gasteiger partial charge on any atom is -0.322 e. The normalized spacial score (nSPS) is 10.2. The van der Waals surface area contributed by atoms with Crippen LogP contribution in [0.1, 0.15) is 31.8 Å². The highest BCUT2D eigenvalue weighted by atomic mass is 16.2.